The van der Waals surface area contributed by atoms with E-state index in [0.717, 1.165) is 38.8 Å². The molecule has 1 aliphatic rings. The maximum Gasteiger partial charge on any atom is 0.254 e. The lowest BCUT2D eigenvalue weighted by molar-refractivity contribution is 0.0977. The highest BCUT2D eigenvalue weighted by atomic mass is 16.5. The van der Waals surface area contributed by atoms with Crippen LogP contribution in [0.25, 0.3) is 0 Å². The van der Waals surface area contributed by atoms with Crippen LogP contribution in [0.1, 0.15) is 71.2 Å². The van der Waals surface area contributed by atoms with Gasteiger partial charge in [-0.3, -0.25) is 9.59 Å². The zero-order chi connectivity index (χ0) is 16.8. The standard InChI is InChI=1S/C17H25N3O3/c1-3-4-5-6-13(21)12-10-20-17(23-2)15(16(18)22)14(12)11-7-8-19-9-11/h10-11,19H,3-9H2,1-2H3,(H2,18,22). The fourth-order valence-corrected chi connectivity index (χ4v) is 3.12. The maximum absolute atomic E-state index is 12.6. The third-order valence-corrected chi connectivity index (χ3v) is 4.30. The summed E-state index contributed by atoms with van der Waals surface area (Å²) in [6, 6.07) is 0. The summed E-state index contributed by atoms with van der Waals surface area (Å²) < 4.78 is 5.20. The Bertz CT molecular complexity index is 581. The third-order valence-electron chi connectivity index (χ3n) is 4.30. The van der Waals surface area contributed by atoms with Crippen molar-refractivity contribution in [2.24, 2.45) is 5.73 Å². The predicted molar refractivity (Wildman–Crippen MR) is 88.0 cm³/mol. The molecule has 1 fully saturated rings. The molecule has 1 aliphatic heterocycles. The zero-order valence-corrected chi connectivity index (χ0v) is 13.9. The van der Waals surface area contributed by atoms with Crippen LogP contribution >= 0.6 is 0 Å². The molecule has 23 heavy (non-hydrogen) atoms. The van der Waals surface area contributed by atoms with Crippen molar-refractivity contribution < 1.29 is 14.3 Å². The van der Waals surface area contributed by atoms with Gasteiger partial charge in [0.1, 0.15) is 5.56 Å². The van der Waals surface area contributed by atoms with Crippen LogP contribution in [0.5, 0.6) is 5.88 Å². The molecule has 126 valence electrons. The number of amides is 1. The number of hydrogen-bond acceptors (Lipinski definition) is 5. The first-order valence-corrected chi connectivity index (χ1v) is 8.20. The minimum atomic E-state index is -0.598. The molecule has 6 nitrogen and oxygen atoms in total. The fraction of sp³-hybridized carbons (Fsp3) is 0.588. The lowest BCUT2D eigenvalue weighted by Gasteiger charge is -2.19. The van der Waals surface area contributed by atoms with E-state index in [2.05, 4.69) is 17.2 Å². The second-order valence-electron chi connectivity index (χ2n) is 5.90. The lowest BCUT2D eigenvalue weighted by atomic mass is 9.87. The quantitative estimate of drug-likeness (QED) is 0.565. The molecule has 6 heteroatoms. The molecule has 1 unspecified atom stereocenters. The molecule has 2 rings (SSSR count). The highest BCUT2D eigenvalue weighted by molar-refractivity contribution is 6.03. The van der Waals surface area contributed by atoms with Crippen molar-refractivity contribution in [3.05, 3.63) is 22.9 Å². The van der Waals surface area contributed by atoms with E-state index >= 15 is 0 Å². The normalized spacial score (nSPS) is 17.2. The Morgan fingerprint density at radius 1 is 1.43 bits per heavy atom. The van der Waals surface area contributed by atoms with E-state index in [1.807, 2.05) is 0 Å². The Labute approximate surface area is 136 Å². The molecule has 0 aromatic carbocycles. The van der Waals surface area contributed by atoms with Crippen LogP contribution in [0.15, 0.2) is 6.20 Å². The lowest BCUT2D eigenvalue weighted by Crippen LogP contribution is -2.22. The maximum atomic E-state index is 12.6. The van der Waals surface area contributed by atoms with Crippen LogP contribution < -0.4 is 15.8 Å². The Hall–Kier alpha value is -1.95. The molecular weight excluding hydrogens is 294 g/mol. The number of Topliss-reactive ketones (excluding diaryl/α,β-unsaturated/α-hetero) is 1. The highest BCUT2D eigenvalue weighted by Gasteiger charge is 2.30. The Morgan fingerprint density at radius 3 is 2.78 bits per heavy atom. The van der Waals surface area contributed by atoms with Gasteiger partial charge in [-0.15, -0.1) is 0 Å². The van der Waals surface area contributed by atoms with Crippen LogP contribution in [-0.4, -0.2) is 36.9 Å². The molecule has 1 saturated heterocycles. The van der Waals surface area contributed by atoms with Gasteiger partial charge in [-0.1, -0.05) is 19.8 Å². The second kappa shape index (κ2) is 8.06. The molecule has 2 heterocycles. The summed E-state index contributed by atoms with van der Waals surface area (Å²) in [7, 11) is 1.45. The van der Waals surface area contributed by atoms with Crippen molar-refractivity contribution in [2.75, 3.05) is 20.2 Å². The van der Waals surface area contributed by atoms with Gasteiger partial charge in [0, 0.05) is 24.7 Å². The number of rotatable bonds is 8. The zero-order valence-electron chi connectivity index (χ0n) is 13.9. The predicted octanol–water partition coefficient (Wildman–Crippen LogP) is 2.03. The number of hydrogen-bond donors (Lipinski definition) is 2. The monoisotopic (exact) mass is 319 g/mol. The minimum absolute atomic E-state index is 0.0259. The molecular formula is C17H25N3O3. The Kier molecular flexibility index (Phi) is 6.10. The molecule has 0 radical (unpaired) electrons. The molecule has 1 atom stereocenters. The van der Waals surface area contributed by atoms with E-state index in [4.69, 9.17) is 10.5 Å². The molecule has 1 aromatic heterocycles. The number of methoxy groups -OCH3 is 1. The SMILES string of the molecule is CCCCCC(=O)c1cnc(OC)c(C(N)=O)c1C1CCNC1. The number of unbranched alkanes of at least 4 members (excludes halogenated alkanes) is 2. The number of nitrogens with one attached hydrogen (secondary N) is 1. The Balaban J connectivity index is 2.46. The van der Waals surface area contributed by atoms with E-state index in [-0.39, 0.29) is 23.1 Å². The first-order chi connectivity index (χ1) is 11.1. The summed E-state index contributed by atoms with van der Waals surface area (Å²) >= 11 is 0. The van der Waals surface area contributed by atoms with Crippen molar-refractivity contribution in [3.8, 4) is 5.88 Å². The van der Waals surface area contributed by atoms with Crippen LogP contribution in [0.4, 0.5) is 0 Å². The molecule has 1 aromatic rings. The fourth-order valence-electron chi connectivity index (χ4n) is 3.12. The molecule has 0 bridgehead atoms. The Morgan fingerprint density at radius 2 is 2.22 bits per heavy atom. The van der Waals surface area contributed by atoms with E-state index in [9.17, 15) is 9.59 Å². The molecule has 3 N–H and O–H groups in total. The second-order valence-corrected chi connectivity index (χ2v) is 5.90. The van der Waals surface area contributed by atoms with Crippen LogP contribution in [0.3, 0.4) is 0 Å². The summed E-state index contributed by atoms with van der Waals surface area (Å²) in [5.74, 6) is -0.290. The number of ether oxygens (including phenoxy) is 1. The van der Waals surface area contributed by atoms with E-state index in [0.29, 0.717) is 17.5 Å². The van der Waals surface area contributed by atoms with E-state index < -0.39 is 5.91 Å². The van der Waals surface area contributed by atoms with Crippen molar-refractivity contribution >= 4 is 11.7 Å². The topological polar surface area (TPSA) is 94.3 Å². The van der Waals surface area contributed by atoms with Gasteiger partial charge in [0.2, 0.25) is 5.88 Å². The number of primary amides is 1. The number of ketones is 1. The molecule has 1 amide bonds. The number of carbonyl (C=O) groups excluding carboxylic acids is 2. The first kappa shape index (κ1) is 17.4. The number of pyridine rings is 1. The summed E-state index contributed by atoms with van der Waals surface area (Å²) in [6.07, 6.45) is 5.77. The van der Waals surface area contributed by atoms with Crippen molar-refractivity contribution in [2.45, 2.75) is 44.9 Å². The van der Waals surface area contributed by atoms with Crippen LogP contribution in [-0.2, 0) is 0 Å². The smallest absolute Gasteiger partial charge is 0.254 e. The van der Waals surface area contributed by atoms with E-state index in [1.165, 1.54) is 13.3 Å². The molecule has 0 saturated carbocycles. The van der Waals surface area contributed by atoms with Gasteiger partial charge in [-0.2, -0.15) is 0 Å². The molecule has 0 spiro atoms. The van der Waals surface area contributed by atoms with Crippen LogP contribution in [0.2, 0.25) is 0 Å². The number of nitrogens with zero attached hydrogens (tertiary/aromatic N) is 1. The number of carbonyl (C=O) groups is 2. The summed E-state index contributed by atoms with van der Waals surface area (Å²) in [5, 5.41) is 3.27. The van der Waals surface area contributed by atoms with Crippen molar-refractivity contribution in [3.63, 3.8) is 0 Å². The van der Waals surface area contributed by atoms with Crippen LogP contribution in [0, 0.1) is 0 Å². The van der Waals surface area contributed by atoms with E-state index in [1.54, 1.807) is 0 Å². The van der Waals surface area contributed by atoms with Gasteiger partial charge < -0.3 is 15.8 Å². The first-order valence-electron chi connectivity index (χ1n) is 8.20. The largest absolute Gasteiger partial charge is 0.480 e. The van der Waals surface area contributed by atoms with Gasteiger partial charge in [0.25, 0.3) is 5.91 Å². The summed E-state index contributed by atoms with van der Waals surface area (Å²) in [5.41, 5.74) is 7.03. The minimum Gasteiger partial charge on any atom is -0.480 e. The average Bonchev–Trinajstić information content (AvgIpc) is 3.07. The van der Waals surface area contributed by atoms with Crippen molar-refractivity contribution in [1.29, 1.82) is 0 Å². The number of nitrogens with two attached hydrogens (primary N) is 1. The van der Waals surface area contributed by atoms with Gasteiger partial charge in [-0.05, 0) is 30.9 Å². The van der Waals surface area contributed by atoms with Gasteiger partial charge >= 0.3 is 0 Å². The van der Waals surface area contributed by atoms with Gasteiger partial charge in [-0.25, -0.2) is 4.98 Å². The molecule has 0 aliphatic carbocycles. The summed E-state index contributed by atoms with van der Waals surface area (Å²) in [6.45, 7) is 3.68. The number of aromatic nitrogens is 1. The van der Waals surface area contributed by atoms with Crippen molar-refractivity contribution in [1.82, 2.24) is 10.3 Å². The third kappa shape index (κ3) is 3.88. The average molecular weight is 319 g/mol. The van der Waals surface area contributed by atoms with Gasteiger partial charge in [0.05, 0.1) is 7.11 Å². The van der Waals surface area contributed by atoms with Gasteiger partial charge in [0.15, 0.2) is 5.78 Å². The summed E-state index contributed by atoms with van der Waals surface area (Å²) in [4.78, 5) is 28.7. The highest BCUT2D eigenvalue weighted by Crippen LogP contribution is 2.33.